The SMILES string of the molecule is CC(C)(C)[C@@H](NC(=O)c1ccc2ccccc2n1)C(=O)N1CCC[C@@H]1C(=O)O. The molecule has 2 N–H and O–H groups in total. The molecule has 1 saturated heterocycles. The molecule has 1 aromatic heterocycles. The number of nitrogens with zero attached hydrogens (tertiary/aromatic N) is 2. The minimum atomic E-state index is -1.01. The summed E-state index contributed by atoms with van der Waals surface area (Å²) >= 11 is 0. The highest BCUT2D eigenvalue weighted by Crippen LogP contribution is 2.26. The molecule has 2 heterocycles. The maximum Gasteiger partial charge on any atom is 0.326 e. The molecule has 0 unspecified atom stereocenters. The molecule has 0 bridgehead atoms. The number of carbonyl (C=O) groups is 3. The van der Waals surface area contributed by atoms with Crippen LogP contribution in [0.1, 0.15) is 44.1 Å². The first-order valence-electron chi connectivity index (χ1n) is 9.38. The number of benzene rings is 1. The van der Waals surface area contributed by atoms with E-state index in [-0.39, 0.29) is 11.6 Å². The molecule has 0 saturated carbocycles. The number of carboxylic acid groups (broad SMARTS) is 1. The van der Waals surface area contributed by atoms with Crippen LogP contribution >= 0.6 is 0 Å². The third-order valence-corrected chi connectivity index (χ3v) is 5.04. The summed E-state index contributed by atoms with van der Waals surface area (Å²) < 4.78 is 0. The number of hydrogen-bond acceptors (Lipinski definition) is 4. The van der Waals surface area contributed by atoms with E-state index in [4.69, 9.17) is 0 Å². The van der Waals surface area contributed by atoms with E-state index in [2.05, 4.69) is 10.3 Å². The van der Waals surface area contributed by atoms with E-state index in [1.807, 2.05) is 51.1 Å². The molecule has 148 valence electrons. The zero-order valence-electron chi connectivity index (χ0n) is 16.3. The van der Waals surface area contributed by atoms with Gasteiger partial charge in [-0.3, -0.25) is 9.59 Å². The number of aliphatic carboxylic acids is 1. The summed E-state index contributed by atoms with van der Waals surface area (Å²) in [5.41, 5.74) is 0.325. The Morgan fingerprint density at radius 2 is 1.89 bits per heavy atom. The van der Waals surface area contributed by atoms with Crippen molar-refractivity contribution >= 4 is 28.7 Å². The topological polar surface area (TPSA) is 99.6 Å². The van der Waals surface area contributed by atoms with Gasteiger partial charge < -0.3 is 15.3 Å². The van der Waals surface area contributed by atoms with Gasteiger partial charge in [-0.05, 0) is 30.4 Å². The van der Waals surface area contributed by atoms with Crippen molar-refractivity contribution in [3.05, 3.63) is 42.1 Å². The molecule has 1 aliphatic rings. The van der Waals surface area contributed by atoms with Gasteiger partial charge in [0.15, 0.2) is 0 Å². The monoisotopic (exact) mass is 383 g/mol. The van der Waals surface area contributed by atoms with Crippen molar-refractivity contribution in [2.75, 3.05) is 6.54 Å². The van der Waals surface area contributed by atoms with Crippen LogP contribution in [-0.4, -0.2) is 51.4 Å². The molecule has 7 nitrogen and oxygen atoms in total. The Hall–Kier alpha value is -2.96. The zero-order valence-corrected chi connectivity index (χ0v) is 16.3. The minimum Gasteiger partial charge on any atom is -0.480 e. The van der Waals surface area contributed by atoms with Gasteiger partial charge in [0.2, 0.25) is 5.91 Å². The van der Waals surface area contributed by atoms with E-state index in [1.165, 1.54) is 4.90 Å². The maximum atomic E-state index is 13.1. The lowest BCUT2D eigenvalue weighted by Gasteiger charge is -2.34. The average Bonchev–Trinajstić information content (AvgIpc) is 3.14. The summed E-state index contributed by atoms with van der Waals surface area (Å²) in [6.45, 7) is 5.91. The number of carbonyl (C=O) groups excluding carboxylic acids is 2. The molecule has 1 fully saturated rings. The fourth-order valence-electron chi connectivity index (χ4n) is 3.50. The van der Waals surface area contributed by atoms with Gasteiger partial charge in [0.1, 0.15) is 17.8 Å². The normalized spacial score (nSPS) is 18.1. The largest absolute Gasteiger partial charge is 0.480 e. The van der Waals surface area contributed by atoms with Crippen LogP contribution in [0.2, 0.25) is 0 Å². The Morgan fingerprint density at radius 1 is 1.18 bits per heavy atom. The molecule has 2 aromatic rings. The van der Waals surface area contributed by atoms with Gasteiger partial charge in [-0.1, -0.05) is 45.0 Å². The average molecular weight is 383 g/mol. The number of rotatable bonds is 4. The summed E-state index contributed by atoms with van der Waals surface area (Å²) in [6.07, 6.45) is 1.07. The number of amides is 2. The highest BCUT2D eigenvalue weighted by molar-refractivity contribution is 5.98. The Labute approximate surface area is 163 Å². The number of aromatic nitrogens is 1. The molecular formula is C21H25N3O4. The predicted molar refractivity (Wildman–Crippen MR) is 105 cm³/mol. The minimum absolute atomic E-state index is 0.219. The van der Waals surface area contributed by atoms with Gasteiger partial charge in [-0.25, -0.2) is 9.78 Å². The number of fused-ring (bicyclic) bond motifs is 1. The van der Waals surface area contributed by atoms with Crippen LogP contribution in [0.3, 0.4) is 0 Å². The number of nitrogens with one attached hydrogen (secondary N) is 1. The zero-order chi connectivity index (χ0) is 20.5. The second-order valence-electron chi connectivity index (χ2n) is 8.19. The lowest BCUT2D eigenvalue weighted by Crippen LogP contribution is -2.56. The first-order valence-corrected chi connectivity index (χ1v) is 9.38. The van der Waals surface area contributed by atoms with Gasteiger partial charge in [0.25, 0.3) is 5.91 Å². The summed E-state index contributed by atoms with van der Waals surface area (Å²) in [4.78, 5) is 43.1. The Kier molecular flexibility index (Phi) is 5.36. The summed E-state index contributed by atoms with van der Waals surface area (Å²) in [7, 11) is 0. The van der Waals surface area contributed by atoms with Crippen molar-refractivity contribution < 1.29 is 19.5 Å². The fourth-order valence-corrected chi connectivity index (χ4v) is 3.50. The number of hydrogen-bond donors (Lipinski definition) is 2. The third-order valence-electron chi connectivity index (χ3n) is 5.04. The lowest BCUT2D eigenvalue weighted by atomic mass is 9.85. The standard InChI is InChI=1S/C21H25N3O4/c1-21(2,3)17(19(26)24-12-6-9-16(24)20(27)28)23-18(25)15-11-10-13-7-4-5-8-14(13)22-15/h4-5,7-8,10-11,16-17H,6,9,12H2,1-3H3,(H,23,25)(H,27,28)/t16-,17+/m1/s1. The molecule has 7 heteroatoms. The van der Waals surface area contributed by atoms with Crippen molar-refractivity contribution in [1.29, 1.82) is 0 Å². The highest BCUT2D eigenvalue weighted by atomic mass is 16.4. The number of carboxylic acids is 1. The quantitative estimate of drug-likeness (QED) is 0.845. The van der Waals surface area contributed by atoms with Gasteiger partial charge in [0.05, 0.1) is 5.52 Å². The van der Waals surface area contributed by atoms with Gasteiger partial charge in [-0.2, -0.15) is 0 Å². The number of pyridine rings is 1. The molecule has 0 aliphatic carbocycles. The van der Waals surface area contributed by atoms with Gasteiger partial charge in [0, 0.05) is 11.9 Å². The van der Waals surface area contributed by atoms with E-state index in [1.54, 1.807) is 6.07 Å². The Balaban J connectivity index is 1.84. The third kappa shape index (κ3) is 3.98. The van der Waals surface area contributed by atoms with E-state index >= 15 is 0 Å². The fraction of sp³-hybridized carbons (Fsp3) is 0.429. The van der Waals surface area contributed by atoms with Crippen molar-refractivity contribution in [3.63, 3.8) is 0 Å². The van der Waals surface area contributed by atoms with Crippen molar-refractivity contribution in [2.24, 2.45) is 5.41 Å². The molecule has 0 radical (unpaired) electrons. The molecule has 28 heavy (non-hydrogen) atoms. The Morgan fingerprint density at radius 3 is 2.57 bits per heavy atom. The van der Waals surface area contributed by atoms with Crippen LogP contribution in [0.5, 0.6) is 0 Å². The second-order valence-corrected chi connectivity index (χ2v) is 8.19. The van der Waals surface area contributed by atoms with Crippen LogP contribution < -0.4 is 5.32 Å². The first-order chi connectivity index (χ1) is 13.2. The van der Waals surface area contributed by atoms with Crippen molar-refractivity contribution in [2.45, 2.75) is 45.7 Å². The predicted octanol–water partition coefficient (Wildman–Crippen LogP) is 2.45. The summed E-state index contributed by atoms with van der Waals surface area (Å²) in [5.74, 6) is -1.84. The Bertz CT molecular complexity index is 919. The van der Waals surface area contributed by atoms with E-state index in [9.17, 15) is 19.5 Å². The molecule has 1 aromatic carbocycles. The molecular weight excluding hydrogens is 358 g/mol. The molecule has 3 rings (SSSR count). The summed E-state index contributed by atoms with van der Waals surface area (Å²) in [6, 6.07) is 9.21. The second kappa shape index (κ2) is 7.58. The maximum absolute atomic E-state index is 13.1. The lowest BCUT2D eigenvalue weighted by molar-refractivity contribution is -0.150. The van der Waals surface area contributed by atoms with E-state index in [0.29, 0.717) is 24.9 Å². The van der Waals surface area contributed by atoms with Crippen LogP contribution in [0, 0.1) is 5.41 Å². The molecule has 2 atom stereocenters. The first kappa shape index (κ1) is 19.8. The van der Waals surface area contributed by atoms with Crippen LogP contribution in [0.4, 0.5) is 0 Å². The van der Waals surface area contributed by atoms with E-state index in [0.717, 1.165) is 5.39 Å². The number of likely N-dealkylation sites (tertiary alicyclic amines) is 1. The smallest absolute Gasteiger partial charge is 0.326 e. The summed E-state index contributed by atoms with van der Waals surface area (Å²) in [5, 5.41) is 13.1. The van der Waals surface area contributed by atoms with Crippen molar-refractivity contribution in [1.82, 2.24) is 15.2 Å². The highest BCUT2D eigenvalue weighted by Gasteiger charge is 2.42. The van der Waals surface area contributed by atoms with Crippen molar-refractivity contribution in [3.8, 4) is 0 Å². The van der Waals surface area contributed by atoms with E-state index < -0.39 is 29.4 Å². The molecule has 2 amide bonds. The molecule has 1 aliphatic heterocycles. The van der Waals surface area contributed by atoms with Crippen LogP contribution in [0.25, 0.3) is 10.9 Å². The van der Waals surface area contributed by atoms with Crippen LogP contribution in [-0.2, 0) is 9.59 Å². The molecule has 0 spiro atoms. The number of para-hydroxylation sites is 1. The van der Waals surface area contributed by atoms with Gasteiger partial charge in [-0.15, -0.1) is 0 Å². The van der Waals surface area contributed by atoms with Gasteiger partial charge >= 0.3 is 5.97 Å². The van der Waals surface area contributed by atoms with Crippen LogP contribution in [0.15, 0.2) is 36.4 Å².